The van der Waals surface area contributed by atoms with Gasteiger partial charge in [0.05, 0.1) is 12.8 Å². The first kappa shape index (κ1) is 16.0. The minimum atomic E-state index is -1.47. The molecule has 1 atom stereocenters. The van der Waals surface area contributed by atoms with E-state index in [9.17, 15) is 14.7 Å². The molecule has 6 nitrogen and oxygen atoms in total. The highest BCUT2D eigenvalue weighted by Crippen LogP contribution is 2.24. The largest absolute Gasteiger partial charge is 0.467 e. The fourth-order valence-corrected chi connectivity index (χ4v) is 1.50. The monoisotopic (exact) mass is 281 g/mol. The summed E-state index contributed by atoms with van der Waals surface area (Å²) in [6, 6.07) is 6.39. The summed E-state index contributed by atoms with van der Waals surface area (Å²) in [6.07, 6.45) is -2.13. The number of carbonyl (C=O) groups excluding carboxylic acids is 2. The Labute approximate surface area is 117 Å². The molecule has 20 heavy (non-hydrogen) atoms. The predicted octanol–water partition coefficient (Wildman–Crippen LogP) is 2.24. The number of aliphatic hydroxyl groups is 1. The second kappa shape index (κ2) is 6.38. The Morgan fingerprint density at radius 1 is 1.25 bits per heavy atom. The lowest BCUT2D eigenvalue weighted by Crippen LogP contribution is -2.28. The van der Waals surface area contributed by atoms with Gasteiger partial charge in [-0.1, -0.05) is 18.2 Å². The van der Waals surface area contributed by atoms with Crippen molar-refractivity contribution >= 4 is 17.7 Å². The van der Waals surface area contributed by atoms with E-state index in [1.54, 1.807) is 39.0 Å². The highest BCUT2D eigenvalue weighted by Gasteiger charge is 2.23. The van der Waals surface area contributed by atoms with Crippen molar-refractivity contribution in [3.8, 4) is 0 Å². The number of anilines is 1. The second-order valence-corrected chi connectivity index (χ2v) is 5.14. The van der Waals surface area contributed by atoms with Crippen molar-refractivity contribution in [1.29, 1.82) is 0 Å². The molecule has 6 heteroatoms. The van der Waals surface area contributed by atoms with Crippen LogP contribution in [0.3, 0.4) is 0 Å². The number of amides is 1. The average molecular weight is 281 g/mol. The van der Waals surface area contributed by atoms with Crippen molar-refractivity contribution in [3.05, 3.63) is 29.8 Å². The van der Waals surface area contributed by atoms with Crippen LogP contribution in [0.15, 0.2) is 24.3 Å². The molecule has 0 aliphatic heterocycles. The van der Waals surface area contributed by atoms with Crippen LogP contribution < -0.4 is 5.32 Å². The summed E-state index contributed by atoms with van der Waals surface area (Å²) in [4.78, 5) is 23.1. The average Bonchev–Trinajstić information content (AvgIpc) is 2.35. The van der Waals surface area contributed by atoms with Gasteiger partial charge in [0.2, 0.25) is 0 Å². The number of ether oxygens (including phenoxy) is 2. The van der Waals surface area contributed by atoms with Crippen molar-refractivity contribution in [2.24, 2.45) is 0 Å². The number of carbonyl (C=O) groups is 2. The fourth-order valence-electron chi connectivity index (χ4n) is 1.50. The smallest absolute Gasteiger partial charge is 0.412 e. The van der Waals surface area contributed by atoms with Crippen LogP contribution in [0.4, 0.5) is 10.5 Å². The Kier molecular flexibility index (Phi) is 5.10. The lowest BCUT2D eigenvalue weighted by molar-refractivity contribution is -0.150. The van der Waals surface area contributed by atoms with E-state index in [2.05, 4.69) is 10.1 Å². The summed E-state index contributed by atoms with van der Waals surface area (Å²) in [7, 11) is 1.18. The summed E-state index contributed by atoms with van der Waals surface area (Å²) in [6.45, 7) is 5.21. The molecule has 0 aromatic heterocycles. The molecule has 0 bridgehead atoms. The molecular formula is C14H19NO5. The number of esters is 1. The summed E-state index contributed by atoms with van der Waals surface area (Å²) < 4.78 is 9.59. The zero-order valence-electron chi connectivity index (χ0n) is 12.0. The van der Waals surface area contributed by atoms with Crippen LogP contribution in [0.1, 0.15) is 32.4 Å². The molecule has 0 aliphatic rings. The van der Waals surface area contributed by atoms with Crippen LogP contribution >= 0.6 is 0 Å². The number of nitrogens with one attached hydrogen (secondary N) is 1. The molecule has 0 saturated carbocycles. The van der Waals surface area contributed by atoms with Gasteiger partial charge in [0, 0.05) is 5.56 Å². The first-order valence-corrected chi connectivity index (χ1v) is 6.09. The Hall–Kier alpha value is -2.08. The van der Waals surface area contributed by atoms with E-state index in [4.69, 9.17) is 4.74 Å². The summed E-state index contributed by atoms with van der Waals surface area (Å²) in [5.74, 6) is -0.802. The number of hydrogen-bond acceptors (Lipinski definition) is 5. The molecule has 1 aromatic carbocycles. The van der Waals surface area contributed by atoms with Gasteiger partial charge in [0.15, 0.2) is 6.10 Å². The van der Waals surface area contributed by atoms with E-state index in [1.165, 1.54) is 13.2 Å². The molecule has 0 radical (unpaired) electrons. The Morgan fingerprint density at radius 2 is 1.85 bits per heavy atom. The molecule has 2 N–H and O–H groups in total. The molecule has 1 amide bonds. The summed E-state index contributed by atoms with van der Waals surface area (Å²) >= 11 is 0. The molecule has 0 fully saturated rings. The second-order valence-electron chi connectivity index (χ2n) is 5.14. The molecular weight excluding hydrogens is 262 g/mol. The van der Waals surface area contributed by atoms with E-state index in [-0.39, 0.29) is 5.56 Å². The highest BCUT2D eigenvalue weighted by atomic mass is 16.6. The SMILES string of the molecule is COC(=O)C(O)c1ccccc1NC(=O)OC(C)(C)C. The van der Waals surface area contributed by atoms with E-state index in [0.29, 0.717) is 5.69 Å². The molecule has 1 aromatic rings. The van der Waals surface area contributed by atoms with Crippen molar-refractivity contribution in [1.82, 2.24) is 0 Å². The third-order valence-corrected chi connectivity index (χ3v) is 2.32. The third kappa shape index (κ3) is 4.55. The lowest BCUT2D eigenvalue weighted by Gasteiger charge is -2.21. The van der Waals surface area contributed by atoms with E-state index >= 15 is 0 Å². The Morgan fingerprint density at radius 3 is 2.40 bits per heavy atom. The van der Waals surface area contributed by atoms with Gasteiger partial charge in [-0.25, -0.2) is 9.59 Å². The first-order chi connectivity index (χ1) is 9.24. The Balaban J connectivity index is 2.91. The standard InChI is InChI=1S/C14H19NO5/c1-14(2,3)20-13(18)15-10-8-6-5-7-9(10)11(16)12(17)19-4/h5-8,11,16H,1-4H3,(H,15,18). The maximum atomic E-state index is 11.7. The first-order valence-electron chi connectivity index (χ1n) is 6.09. The highest BCUT2D eigenvalue weighted by molar-refractivity contribution is 5.88. The quantitative estimate of drug-likeness (QED) is 0.830. The fraction of sp³-hybridized carbons (Fsp3) is 0.429. The van der Waals surface area contributed by atoms with Crippen molar-refractivity contribution in [2.45, 2.75) is 32.5 Å². The van der Waals surface area contributed by atoms with Gasteiger partial charge in [-0.15, -0.1) is 0 Å². The minimum absolute atomic E-state index is 0.241. The van der Waals surface area contributed by atoms with Crippen molar-refractivity contribution in [3.63, 3.8) is 0 Å². The van der Waals surface area contributed by atoms with E-state index in [0.717, 1.165) is 0 Å². The van der Waals surface area contributed by atoms with Crippen molar-refractivity contribution < 1.29 is 24.2 Å². The van der Waals surface area contributed by atoms with Gasteiger partial charge in [0.25, 0.3) is 0 Å². The van der Waals surface area contributed by atoms with E-state index < -0.39 is 23.8 Å². The van der Waals surface area contributed by atoms with Gasteiger partial charge in [-0.3, -0.25) is 5.32 Å². The van der Waals surface area contributed by atoms with Crippen LogP contribution in [-0.2, 0) is 14.3 Å². The lowest BCUT2D eigenvalue weighted by atomic mass is 10.1. The number of aliphatic hydroxyl groups excluding tert-OH is 1. The number of hydrogen-bond donors (Lipinski definition) is 2. The van der Waals surface area contributed by atoms with Crippen LogP contribution in [0.25, 0.3) is 0 Å². The normalized spacial score (nSPS) is 12.4. The maximum Gasteiger partial charge on any atom is 0.412 e. The summed E-state index contributed by atoms with van der Waals surface area (Å²) in [5.41, 5.74) is -0.107. The molecule has 0 heterocycles. The topological polar surface area (TPSA) is 84.9 Å². The third-order valence-electron chi connectivity index (χ3n) is 2.32. The zero-order valence-corrected chi connectivity index (χ0v) is 12.0. The predicted molar refractivity (Wildman–Crippen MR) is 73.3 cm³/mol. The van der Waals surface area contributed by atoms with E-state index in [1.807, 2.05) is 0 Å². The molecule has 0 aliphatic carbocycles. The molecule has 0 saturated heterocycles. The number of para-hydroxylation sites is 1. The molecule has 110 valence electrons. The van der Waals surface area contributed by atoms with Crippen LogP contribution in [0.5, 0.6) is 0 Å². The van der Waals surface area contributed by atoms with Crippen molar-refractivity contribution in [2.75, 3.05) is 12.4 Å². The van der Waals surface area contributed by atoms with Gasteiger partial charge in [-0.05, 0) is 26.8 Å². The Bertz CT molecular complexity index is 493. The molecule has 1 rings (SSSR count). The maximum absolute atomic E-state index is 11.7. The van der Waals surface area contributed by atoms with Gasteiger partial charge < -0.3 is 14.6 Å². The van der Waals surface area contributed by atoms with Crippen LogP contribution in [0.2, 0.25) is 0 Å². The number of rotatable bonds is 3. The van der Waals surface area contributed by atoms with Crippen LogP contribution in [-0.4, -0.2) is 29.9 Å². The minimum Gasteiger partial charge on any atom is -0.467 e. The number of methoxy groups -OCH3 is 1. The zero-order chi connectivity index (χ0) is 15.3. The van der Waals surface area contributed by atoms with Gasteiger partial charge >= 0.3 is 12.1 Å². The van der Waals surface area contributed by atoms with Crippen LogP contribution in [0, 0.1) is 0 Å². The number of benzene rings is 1. The summed E-state index contributed by atoms with van der Waals surface area (Å²) in [5, 5.41) is 12.3. The van der Waals surface area contributed by atoms with Gasteiger partial charge in [-0.2, -0.15) is 0 Å². The van der Waals surface area contributed by atoms with Gasteiger partial charge in [0.1, 0.15) is 5.60 Å². The molecule has 0 spiro atoms. The molecule has 1 unspecified atom stereocenters.